The monoisotopic (exact) mass is 310 g/mol. The minimum Gasteiger partial charge on any atom is -0.481 e. The number of aliphatic carboxylic acids is 1. The van der Waals surface area contributed by atoms with Crippen molar-refractivity contribution >= 4 is 17.6 Å². The van der Waals surface area contributed by atoms with Gasteiger partial charge in [-0.3, -0.25) is 24.4 Å². The van der Waals surface area contributed by atoms with Crippen LogP contribution in [0.3, 0.4) is 0 Å². The van der Waals surface area contributed by atoms with E-state index in [0.717, 1.165) is 6.20 Å². The van der Waals surface area contributed by atoms with Gasteiger partial charge in [-0.05, 0) is 18.8 Å². The quantitative estimate of drug-likeness (QED) is 0.615. The van der Waals surface area contributed by atoms with E-state index in [9.17, 15) is 19.7 Å². The topological polar surface area (TPSA) is 119 Å². The van der Waals surface area contributed by atoms with Gasteiger partial charge in [-0.25, -0.2) is 0 Å². The second-order valence-corrected chi connectivity index (χ2v) is 5.39. The van der Waals surface area contributed by atoms with Crippen LogP contribution in [0.2, 0.25) is 0 Å². The van der Waals surface area contributed by atoms with Gasteiger partial charge in [0, 0.05) is 32.5 Å². The Morgan fingerprint density at radius 1 is 1.41 bits per heavy atom. The first kappa shape index (κ1) is 15.9. The fourth-order valence-electron chi connectivity index (χ4n) is 2.57. The lowest BCUT2D eigenvalue weighted by Crippen LogP contribution is -2.39. The summed E-state index contributed by atoms with van der Waals surface area (Å²) in [7, 11) is 0. The van der Waals surface area contributed by atoms with Crippen LogP contribution >= 0.6 is 0 Å². The van der Waals surface area contributed by atoms with E-state index in [2.05, 4.69) is 5.10 Å². The highest BCUT2D eigenvalue weighted by Gasteiger charge is 2.24. The third-order valence-corrected chi connectivity index (χ3v) is 3.82. The fourth-order valence-corrected chi connectivity index (χ4v) is 2.57. The van der Waals surface area contributed by atoms with Gasteiger partial charge in [0.1, 0.15) is 12.4 Å². The maximum atomic E-state index is 12.1. The fraction of sp³-hybridized carbons (Fsp3) is 0.615. The first-order valence-corrected chi connectivity index (χ1v) is 7.12. The largest absolute Gasteiger partial charge is 0.481 e. The van der Waals surface area contributed by atoms with Gasteiger partial charge >= 0.3 is 11.7 Å². The molecule has 1 amide bonds. The summed E-state index contributed by atoms with van der Waals surface area (Å²) in [5, 5.41) is 23.1. The molecular weight excluding hydrogens is 292 g/mol. The summed E-state index contributed by atoms with van der Waals surface area (Å²) >= 11 is 0. The number of nitrogens with zero attached hydrogens (tertiary/aromatic N) is 4. The number of rotatable bonds is 6. The number of likely N-dealkylation sites (tertiary alicyclic amines) is 1. The summed E-state index contributed by atoms with van der Waals surface area (Å²) in [6.45, 7) is 1.42. The minimum atomic E-state index is -0.801. The first-order valence-electron chi connectivity index (χ1n) is 7.12. The number of carboxylic acid groups (broad SMARTS) is 1. The summed E-state index contributed by atoms with van der Waals surface area (Å²) in [6.07, 6.45) is 4.23. The maximum Gasteiger partial charge on any atom is 0.306 e. The molecule has 1 saturated heterocycles. The second kappa shape index (κ2) is 7.01. The molecule has 0 aliphatic carbocycles. The molecule has 2 heterocycles. The lowest BCUT2D eigenvalue weighted by atomic mass is 9.93. The molecule has 9 heteroatoms. The molecule has 0 atom stereocenters. The third-order valence-electron chi connectivity index (χ3n) is 3.82. The Bertz CT molecular complexity index is 563. The normalized spacial score (nSPS) is 15.7. The van der Waals surface area contributed by atoms with E-state index < -0.39 is 10.9 Å². The van der Waals surface area contributed by atoms with Crippen LogP contribution in [0.25, 0.3) is 0 Å². The highest BCUT2D eigenvalue weighted by atomic mass is 16.6. The van der Waals surface area contributed by atoms with Crippen molar-refractivity contribution in [1.29, 1.82) is 0 Å². The van der Waals surface area contributed by atoms with E-state index in [1.54, 1.807) is 4.90 Å². The second-order valence-electron chi connectivity index (χ2n) is 5.39. The molecule has 0 unspecified atom stereocenters. The lowest BCUT2D eigenvalue weighted by molar-refractivity contribution is -0.385. The van der Waals surface area contributed by atoms with Crippen LogP contribution in [-0.2, 0) is 16.1 Å². The van der Waals surface area contributed by atoms with Gasteiger partial charge in [-0.2, -0.15) is 5.10 Å². The van der Waals surface area contributed by atoms with E-state index >= 15 is 0 Å². The zero-order chi connectivity index (χ0) is 16.1. The van der Waals surface area contributed by atoms with Gasteiger partial charge in [0.15, 0.2) is 0 Å². The number of amides is 1. The standard InChI is InChI=1S/C13H18N4O5/c18-12(3-6-16-9-11(8-14-16)17(21)22)15-4-1-10(2-5-15)7-13(19)20/h8-10H,1-7H2,(H,19,20). The number of carbonyl (C=O) groups is 2. The summed E-state index contributed by atoms with van der Waals surface area (Å²) < 4.78 is 1.38. The van der Waals surface area contributed by atoms with Crippen molar-refractivity contribution in [3.8, 4) is 0 Å². The highest BCUT2D eigenvalue weighted by molar-refractivity contribution is 5.76. The molecule has 1 aromatic rings. The third kappa shape index (κ3) is 4.27. The molecule has 0 bridgehead atoms. The SMILES string of the molecule is O=C(O)CC1CCN(C(=O)CCn2cc([N+](=O)[O-])cn2)CC1. The van der Waals surface area contributed by atoms with Crippen LogP contribution in [0.15, 0.2) is 12.4 Å². The van der Waals surface area contributed by atoms with Gasteiger partial charge in [0.25, 0.3) is 0 Å². The number of aryl methyl sites for hydroxylation is 1. The van der Waals surface area contributed by atoms with Crippen LogP contribution < -0.4 is 0 Å². The molecule has 0 aromatic carbocycles. The Kier molecular flexibility index (Phi) is 5.08. The summed E-state index contributed by atoms with van der Waals surface area (Å²) in [5.41, 5.74) is -0.0954. The van der Waals surface area contributed by atoms with Crippen molar-refractivity contribution in [1.82, 2.24) is 14.7 Å². The number of piperidine rings is 1. The molecule has 1 aliphatic rings. The average Bonchev–Trinajstić information content (AvgIpc) is 2.94. The Balaban J connectivity index is 1.76. The Hall–Kier alpha value is -2.45. The van der Waals surface area contributed by atoms with E-state index in [4.69, 9.17) is 5.11 Å². The summed E-state index contributed by atoms with van der Waals surface area (Å²) in [5.74, 6) is -0.702. The molecule has 120 valence electrons. The van der Waals surface area contributed by atoms with Crippen molar-refractivity contribution in [3.05, 3.63) is 22.5 Å². The molecule has 22 heavy (non-hydrogen) atoms. The summed E-state index contributed by atoms with van der Waals surface area (Å²) in [4.78, 5) is 34.5. The molecule has 2 rings (SSSR count). The van der Waals surface area contributed by atoms with Gasteiger partial charge < -0.3 is 10.0 Å². The van der Waals surface area contributed by atoms with E-state index in [0.29, 0.717) is 32.5 Å². The highest BCUT2D eigenvalue weighted by Crippen LogP contribution is 2.21. The van der Waals surface area contributed by atoms with Crippen molar-refractivity contribution in [2.24, 2.45) is 5.92 Å². The molecule has 1 N–H and O–H groups in total. The Morgan fingerprint density at radius 2 is 2.09 bits per heavy atom. The van der Waals surface area contributed by atoms with Crippen molar-refractivity contribution in [3.63, 3.8) is 0 Å². The van der Waals surface area contributed by atoms with Crippen LogP contribution in [0.4, 0.5) is 5.69 Å². The van der Waals surface area contributed by atoms with Crippen LogP contribution in [0, 0.1) is 16.0 Å². The van der Waals surface area contributed by atoms with Gasteiger partial charge in [0.2, 0.25) is 5.91 Å². The van der Waals surface area contributed by atoms with Gasteiger partial charge in [0.05, 0.1) is 4.92 Å². The number of carboxylic acids is 1. The Labute approximate surface area is 126 Å². The zero-order valence-corrected chi connectivity index (χ0v) is 12.1. The molecule has 1 aliphatic heterocycles. The maximum absolute atomic E-state index is 12.1. The number of carbonyl (C=O) groups excluding carboxylic acids is 1. The van der Waals surface area contributed by atoms with E-state index in [1.165, 1.54) is 10.9 Å². The van der Waals surface area contributed by atoms with Crippen LogP contribution in [-0.4, -0.2) is 49.7 Å². The van der Waals surface area contributed by atoms with Crippen LogP contribution in [0.1, 0.15) is 25.7 Å². The van der Waals surface area contributed by atoms with Crippen LogP contribution in [0.5, 0.6) is 0 Å². The molecule has 1 fully saturated rings. The average molecular weight is 310 g/mol. The molecule has 1 aromatic heterocycles. The smallest absolute Gasteiger partial charge is 0.306 e. The Morgan fingerprint density at radius 3 is 2.64 bits per heavy atom. The number of hydrogen-bond donors (Lipinski definition) is 1. The minimum absolute atomic E-state index is 0.0353. The van der Waals surface area contributed by atoms with Crippen molar-refractivity contribution < 1.29 is 19.6 Å². The number of nitro groups is 1. The lowest BCUT2D eigenvalue weighted by Gasteiger charge is -2.31. The van der Waals surface area contributed by atoms with Crippen molar-refractivity contribution in [2.45, 2.75) is 32.2 Å². The molecule has 0 saturated carbocycles. The van der Waals surface area contributed by atoms with Gasteiger partial charge in [-0.15, -0.1) is 0 Å². The van der Waals surface area contributed by atoms with Crippen molar-refractivity contribution in [2.75, 3.05) is 13.1 Å². The molecule has 0 spiro atoms. The number of hydrogen-bond acceptors (Lipinski definition) is 5. The summed E-state index contributed by atoms with van der Waals surface area (Å²) in [6, 6.07) is 0. The molecule has 0 radical (unpaired) electrons. The van der Waals surface area contributed by atoms with E-state index in [1.807, 2.05) is 0 Å². The predicted octanol–water partition coefficient (Wildman–Crippen LogP) is 0.895. The number of aromatic nitrogens is 2. The zero-order valence-electron chi connectivity index (χ0n) is 12.1. The molecule has 9 nitrogen and oxygen atoms in total. The van der Waals surface area contributed by atoms with Gasteiger partial charge in [-0.1, -0.05) is 0 Å². The predicted molar refractivity (Wildman–Crippen MR) is 75.1 cm³/mol. The first-order chi connectivity index (χ1) is 10.5. The van der Waals surface area contributed by atoms with E-state index in [-0.39, 0.29) is 30.4 Å². The molecular formula is C13H18N4O5.